The Bertz CT molecular complexity index is 942. The van der Waals surface area contributed by atoms with Gasteiger partial charge in [0.25, 0.3) is 5.89 Å². The second-order valence-electron chi connectivity index (χ2n) is 11.7. The zero-order chi connectivity index (χ0) is 27.1. The number of oxazole rings is 1. The molecule has 0 amide bonds. The molecule has 0 saturated carbocycles. The molecule has 0 bridgehead atoms. The number of nitrogens with zero attached hydrogens (tertiary/aromatic N) is 3. The minimum atomic E-state index is -1.24. The van der Waals surface area contributed by atoms with Crippen molar-refractivity contribution in [3.8, 4) is 0 Å². The first-order chi connectivity index (χ1) is 17.4. The summed E-state index contributed by atoms with van der Waals surface area (Å²) in [6.07, 6.45) is 9.16. The van der Waals surface area contributed by atoms with Crippen molar-refractivity contribution in [2.75, 3.05) is 19.8 Å². The van der Waals surface area contributed by atoms with Crippen LogP contribution >= 0.6 is 15.9 Å². The third kappa shape index (κ3) is 9.16. The molecule has 9 nitrogen and oxygen atoms in total. The zero-order valence-corrected chi connectivity index (χ0v) is 26.5. The van der Waals surface area contributed by atoms with Crippen LogP contribution in [0.5, 0.6) is 0 Å². The van der Waals surface area contributed by atoms with Gasteiger partial charge in [-0.15, -0.1) is 4.72 Å². The molecule has 12 heteroatoms. The average molecular weight is 620 g/mol. The van der Waals surface area contributed by atoms with Crippen LogP contribution in [0.4, 0.5) is 0 Å². The van der Waals surface area contributed by atoms with Crippen LogP contribution in [0.3, 0.4) is 0 Å². The van der Waals surface area contributed by atoms with E-state index in [4.69, 9.17) is 18.6 Å². The van der Waals surface area contributed by atoms with E-state index in [1.807, 2.05) is 25.3 Å². The minimum Gasteiger partial charge on any atom is -0.598 e. The van der Waals surface area contributed by atoms with E-state index in [0.29, 0.717) is 32.3 Å². The van der Waals surface area contributed by atoms with Crippen LogP contribution < -0.4 is 4.72 Å². The van der Waals surface area contributed by atoms with Crippen LogP contribution in [0, 0.1) is 0 Å². The summed E-state index contributed by atoms with van der Waals surface area (Å²) in [6.45, 7) is 15.1. The molecule has 0 aliphatic carbocycles. The normalized spacial score (nSPS) is 17.8. The van der Waals surface area contributed by atoms with E-state index in [0.717, 1.165) is 48.8 Å². The van der Waals surface area contributed by atoms with Gasteiger partial charge in [-0.25, -0.2) is 9.97 Å². The monoisotopic (exact) mass is 618 g/mol. The van der Waals surface area contributed by atoms with E-state index in [2.05, 4.69) is 50.3 Å². The number of hydrogen-bond donors (Lipinski definition) is 1. The fourth-order valence-electron chi connectivity index (χ4n) is 3.98. The van der Waals surface area contributed by atoms with Crippen LogP contribution in [0.15, 0.2) is 27.7 Å². The maximum absolute atomic E-state index is 13.0. The van der Waals surface area contributed by atoms with Crippen LogP contribution in [0.1, 0.15) is 70.6 Å². The smallest absolute Gasteiger partial charge is 0.255 e. The van der Waals surface area contributed by atoms with Crippen molar-refractivity contribution in [1.82, 2.24) is 19.3 Å². The van der Waals surface area contributed by atoms with Gasteiger partial charge < -0.3 is 23.2 Å². The molecule has 1 saturated heterocycles. The molecule has 2 atom stereocenters. The SMILES string of the molecule is CC(C)(C)[S@+]([O-])N[C@@H](CCCCCC1(c2ncco2)OCCO1)c1ncc(Br)n1COCC[Si](C)(C)C. The maximum Gasteiger partial charge on any atom is 0.255 e. The number of ether oxygens (including phenoxy) is 3. The summed E-state index contributed by atoms with van der Waals surface area (Å²) in [5.41, 5.74) is 0. The molecule has 1 aliphatic rings. The van der Waals surface area contributed by atoms with Gasteiger partial charge in [-0.2, -0.15) is 0 Å². The van der Waals surface area contributed by atoms with Crippen molar-refractivity contribution < 1.29 is 23.2 Å². The molecule has 2 aromatic heterocycles. The Morgan fingerprint density at radius 1 is 1.22 bits per heavy atom. The second-order valence-corrected chi connectivity index (χ2v) is 20.1. The first-order valence-corrected chi connectivity index (χ1v) is 18.7. The lowest BCUT2D eigenvalue weighted by Gasteiger charge is -2.28. The lowest BCUT2D eigenvalue weighted by atomic mass is 10.0. The summed E-state index contributed by atoms with van der Waals surface area (Å²) in [7, 11) is -1.17. The molecule has 0 spiro atoms. The van der Waals surface area contributed by atoms with Crippen LogP contribution in [-0.4, -0.2) is 51.7 Å². The number of unbranched alkanes of at least 4 members (excludes halogenated alkanes) is 2. The Morgan fingerprint density at radius 2 is 1.95 bits per heavy atom. The number of nitrogens with one attached hydrogen (secondary N) is 1. The van der Waals surface area contributed by atoms with Gasteiger partial charge in [-0.1, -0.05) is 32.5 Å². The topological polar surface area (TPSA) is 107 Å². The maximum atomic E-state index is 13.0. The summed E-state index contributed by atoms with van der Waals surface area (Å²) in [4.78, 5) is 8.94. The number of rotatable bonds is 15. The molecule has 0 unspecified atom stereocenters. The molecule has 3 heterocycles. The van der Waals surface area contributed by atoms with Crippen molar-refractivity contribution in [2.45, 2.75) is 102 Å². The predicted molar refractivity (Wildman–Crippen MR) is 151 cm³/mol. The van der Waals surface area contributed by atoms with E-state index in [9.17, 15) is 4.55 Å². The van der Waals surface area contributed by atoms with Gasteiger partial charge in [0.1, 0.15) is 34.2 Å². The largest absolute Gasteiger partial charge is 0.598 e. The number of aromatic nitrogens is 3. The van der Waals surface area contributed by atoms with E-state index in [-0.39, 0.29) is 10.8 Å². The van der Waals surface area contributed by atoms with Gasteiger partial charge in [-0.3, -0.25) is 4.57 Å². The van der Waals surface area contributed by atoms with Gasteiger partial charge in [0.05, 0.1) is 25.6 Å². The third-order valence-electron chi connectivity index (χ3n) is 6.18. The van der Waals surface area contributed by atoms with Crippen molar-refractivity contribution in [3.63, 3.8) is 0 Å². The van der Waals surface area contributed by atoms with Gasteiger partial charge in [0.15, 0.2) is 0 Å². The van der Waals surface area contributed by atoms with E-state index in [1.54, 1.807) is 18.7 Å². The third-order valence-corrected chi connectivity index (χ3v) is 10.1. The zero-order valence-electron chi connectivity index (χ0n) is 23.0. The van der Waals surface area contributed by atoms with Gasteiger partial charge in [0, 0.05) is 32.5 Å². The van der Waals surface area contributed by atoms with Gasteiger partial charge in [0.2, 0.25) is 5.79 Å². The number of halogens is 1. The highest BCUT2D eigenvalue weighted by molar-refractivity contribution is 9.10. The first kappa shape index (κ1) is 30.8. The Hall–Kier alpha value is -0.733. The summed E-state index contributed by atoms with van der Waals surface area (Å²) in [5.74, 6) is 0.422. The van der Waals surface area contributed by atoms with Crippen molar-refractivity contribution in [2.24, 2.45) is 0 Å². The summed E-state index contributed by atoms with van der Waals surface area (Å²) in [6, 6.07) is 0.930. The first-order valence-electron chi connectivity index (χ1n) is 13.1. The molecule has 1 N–H and O–H groups in total. The van der Waals surface area contributed by atoms with Crippen molar-refractivity contribution >= 4 is 35.4 Å². The van der Waals surface area contributed by atoms with E-state index < -0.39 is 25.2 Å². The Balaban J connectivity index is 1.61. The highest BCUT2D eigenvalue weighted by atomic mass is 79.9. The fraction of sp³-hybridized carbons (Fsp3) is 0.760. The molecular weight excluding hydrogens is 576 g/mol. The fourth-order valence-corrected chi connectivity index (χ4v) is 5.96. The standard InChI is InChI=1S/C25H43BrN4O5SSi/c1-24(2,3)36(31)29-20(22-28-18-21(26)30(22)19-32-16-17-37(4,5)6)10-8-7-9-11-25(34-14-15-35-25)23-27-12-13-33-23/h12-13,18,20,29H,7-11,14-17,19H2,1-6H3/t20-,36-/m0/s1. The molecule has 37 heavy (non-hydrogen) atoms. The molecule has 210 valence electrons. The molecule has 3 rings (SSSR count). The molecule has 0 radical (unpaired) electrons. The molecule has 1 aliphatic heterocycles. The number of imidazole rings is 1. The molecule has 0 aromatic carbocycles. The van der Waals surface area contributed by atoms with Crippen molar-refractivity contribution in [3.05, 3.63) is 35.0 Å². The highest BCUT2D eigenvalue weighted by Crippen LogP contribution is 2.36. The Labute approximate surface area is 233 Å². The second kappa shape index (κ2) is 13.6. The van der Waals surface area contributed by atoms with Crippen LogP contribution in [0.25, 0.3) is 0 Å². The van der Waals surface area contributed by atoms with Gasteiger partial charge in [-0.05, 0) is 55.6 Å². The van der Waals surface area contributed by atoms with Crippen LogP contribution in [-0.2, 0) is 38.1 Å². The quantitative estimate of drug-likeness (QED) is 0.150. The van der Waals surface area contributed by atoms with Crippen LogP contribution in [0.2, 0.25) is 25.7 Å². The van der Waals surface area contributed by atoms with E-state index in [1.165, 1.54) is 0 Å². The molecule has 2 aromatic rings. The summed E-state index contributed by atoms with van der Waals surface area (Å²) in [5, 5.41) is 0. The van der Waals surface area contributed by atoms with E-state index >= 15 is 0 Å². The molecule has 1 fully saturated rings. The van der Waals surface area contributed by atoms with Crippen molar-refractivity contribution in [1.29, 1.82) is 0 Å². The average Bonchev–Trinajstić information content (AvgIpc) is 3.56. The minimum absolute atomic E-state index is 0.174. The predicted octanol–water partition coefficient (Wildman–Crippen LogP) is 5.89. The number of hydrogen-bond acceptors (Lipinski definition) is 8. The Kier molecular flexibility index (Phi) is 11.3. The lowest BCUT2D eigenvalue weighted by Crippen LogP contribution is -2.42. The highest BCUT2D eigenvalue weighted by Gasteiger charge is 2.42. The summed E-state index contributed by atoms with van der Waals surface area (Å²) < 4.78 is 42.2. The lowest BCUT2D eigenvalue weighted by molar-refractivity contribution is -0.187. The Morgan fingerprint density at radius 3 is 2.57 bits per heavy atom. The van der Waals surface area contributed by atoms with Gasteiger partial charge >= 0.3 is 0 Å². The molecular formula is C25H43BrN4O5SSi. The summed E-state index contributed by atoms with van der Waals surface area (Å²) >= 11 is 2.38.